The third-order valence-corrected chi connectivity index (χ3v) is 3.84. The highest BCUT2D eigenvalue weighted by Gasteiger charge is 2.17. The van der Waals surface area contributed by atoms with Gasteiger partial charge >= 0.3 is 0 Å². The second kappa shape index (κ2) is 6.04. The minimum Gasteiger partial charge on any atom is -0.368 e. The summed E-state index contributed by atoms with van der Waals surface area (Å²) in [6, 6.07) is 5.79. The van der Waals surface area contributed by atoms with E-state index in [2.05, 4.69) is 20.5 Å². The van der Waals surface area contributed by atoms with Gasteiger partial charge in [0.2, 0.25) is 5.95 Å². The molecule has 9 nitrogen and oxygen atoms in total. The van der Waals surface area contributed by atoms with Gasteiger partial charge in [0.05, 0.1) is 31.5 Å². The molecular formula is C15H17N7O2. The van der Waals surface area contributed by atoms with Gasteiger partial charge in [0.15, 0.2) is 12.1 Å². The fraction of sp³-hybridized carbons (Fsp3) is 0.267. The molecule has 3 heterocycles. The highest BCUT2D eigenvalue weighted by atomic mass is 16.7. The lowest BCUT2D eigenvalue weighted by Crippen LogP contribution is -2.16. The lowest BCUT2D eigenvalue weighted by Gasteiger charge is -2.08. The molecule has 24 heavy (non-hydrogen) atoms. The lowest BCUT2D eigenvalue weighted by molar-refractivity contribution is -0.0545. The van der Waals surface area contributed by atoms with Crippen molar-refractivity contribution in [3.8, 4) is 11.1 Å². The first-order chi connectivity index (χ1) is 11.7. The topological polar surface area (TPSA) is 126 Å². The van der Waals surface area contributed by atoms with Crippen molar-refractivity contribution in [2.45, 2.75) is 12.8 Å². The zero-order valence-corrected chi connectivity index (χ0v) is 12.8. The number of aromatic nitrogens is 4. The second-order valence-electron chi connectivity index (χ2n) is 5.43. The van der Waals surface area contributed by atoms with E-state index >= 15 is 0 Å². The van der Waals surface area contributed by atoms with Gasteiger partial charge in [-0.2, -0.15) is 10.1 Å². The van der Waals surface area contributed by atoms with Crippen LogP contribution in [0.1, 0.15) is 0 Å². The van der Waals surface area contributed by atoms with Crippen LogP contribution in [0.2, 0.25) is 0 Å². The van der Waals surface area contributed by atoms with Gasteiger partial charge in [-0.05, 0) is 17.7 Å². The van der Waals surface area contributed by atoms with Gasteiger partial charge in [-0.15, -0.1) is 0 Å². The number of hydrogen-bond donors (Lipinski definition) is 3. The quantitative estimate of drug-likeness (QED) is 0.473. The molecule has 3 aromatic rings. The molecule has 1 fully saturated rings. The van der Waals surface area contributed by atoms with E-state index in [-0.39, 0.29) is 12.2 Å². The molecule has 0 radical (unpaired) electrons. The monoisotopic (exact) mass is 327 g/mol. The molecule has 1 aromatic carbocycles. The van der Waals surface area contributed by atoms with Crippen LogP contribution >= 0.6 is 0 Å². The number of nitrogen functional groups attached to an aromatic ring is 2. The Labute approximate surface area is 137 Å². The minimum absolute atomic E-state index is 0.174. The van der Waals surface area contributed by atoms with Crippen molar-refractivity contribution in [3.63, 3.8) is 0 Å². The van der Waals surface area contributed by atoms with Crippen LogP contribution in [0, 0.1) is 0 Å². The van der Waals surface area contributed by atoms with E-state index in [9.17, 15) is 0 Å². The highest BCUT2D eigenvalue weighted by Crippen LogP contribution is 2.27. The van der Waals surface area contributed by atoms with Gasteiger partial charge in [-0.25, -0.2) is 10.8 Å². The molecule has 0 saturated carbocycles. The highest BCUT2D eigenvalue weighted by molar-refractivity contribution is 5.93. The Morgan fingerprint density at radius 2 is 2.04 bits per heavy atom. The summed E-state index contributed by atoms with van der Waals surface area (Å²) in [4.78, 5) is 8.31. The zero-order chi connectivity index (χ0) is 16.5. The Morgan fingerprint density at radius 3 is 2.83 bits per heavy atom. The summed E-state index contributed by atoms with van der Waals surface area (Å²) >= 11 is 0. The number of ether oxygens (including phenoxy) is 2. The molecule has 0 spiro atoms. The molecule has 124 valence electrons. The number of nitrogens with two attached hydrogens (primary N) is 2. The van der Waals surface area contributed by atoms with E-state index in [1.54, 1.807) is 10.9 Å². The summed E-state index contributed by atoms with van der Waals surface area (Å²) in [6.45, 7) is 1.81. The maximum Gasteiger partial charge on any atom is 0.222 e. The number of fused-ring (bicyclic) bond motifs is 1. The van der Waals surface area contributed by atoms with Gasteiger partial charge in [0.25, 0.3) is 0 Å². The van der Waals surface area contributed by atoms with Crippen molar-refractivity contribution >= 4 is 22.7 Å². The van der Waals surface area contributed by atoms with Crippen molar-refractivity contribution in [2.75, 3.05) is 24.4 Å². The molecule has 5 N–H and O–H groups in total. The summed E-state index contributed by atoms with van der Waals surface area (Å²) in [5.74, 6) is 6.19. The van der Waals surface area contributed by atoms with Crippen LogP contribution in [-0.4, -0.2) is 39.3 Å². The van der Waals surface area contributed by atoms with Crippen LogP contribution in [-0.2, 0) is 16.0 Å². The van der Waals surface area contributed by atoms with Crippen molar-refractivity contribution in [1.82, 2.24) is 19.7 Å². The van der Waals surface area contributed by atoms with Crippen LogP contribution < -0.4 is 17.0 Å². The average molecular weight is 327 g/mol. The molecule has 0 amide bonds. The van der Waals surface area contributed by atoms with E-state index in [0.717, 1.165) is 22.0 Å². The Balaban J connectivity index is 1.66. The Hall–Kier alpha value is -2.75. The zero-order valence-electron chi connectivity index (χ0n) is 12.8. The Morgan fingerprint density at radius 1 is 1.21 bits per heavy atom. The molecule has 0 unspecified atom stereocenters. The number of anilines is 2. The van der Waals surface area contributed by atoms with Gasteiger partial charge in [0.1, 0.15) is 0 Å². The first kappa shape index (κ1) is 14.8. The van der Waals surface area contributed by atoms with Crippen LogP contribution in [0.15, 0.2) is 30.6 Å². The standard InChI is InChI=1S/C15H17N7O2/c16-15-19-12-2-1-9(5-11(12)14(20-15)21-17)10-6-18-22(7-10)8-13-23-3-4-24-13/h1-2,5-7,13H,3-4,8,17H2,(H3,16,19,20,21). The second-order valence-corrected chi connectivity index (χ2v) is 5.43. The van der Waals surface area contributed by atoms with E-state index in [4.69, 9.17) is 21.1 Å². The van der Waals surface area contributed by atoms with E-state index < -0.39 is 0 Å². The van der Waals surface area contributed by atoms with Gasteiger partial charge < -0.3 is 20.6 Å². The maximum atomic E-state index is 5.68. The predicted octanol–water partition coefficient (Wildman–Crippen LogP) is 0.734. The Bertz CT molecular complexity index is 873. The number of hydrazine groups is 1. The van der Waals surface area contributed by atoms with Gasteiger partial charge in [0, 0.05) is 17.1 Å². The third kappa shape index (κ3) is 2.75. The number of benzene rings is 1. The fourth-order valence-electron chi connectivity index (χ4n) is 2.71. The summed E-state index contributed by atoms with van der Waals surface area (Å²) in [5.41, 5.74) is 10.9. The van der Waals surface area contributed by atoms with Crippen molar-refractivity contribution in [2.24, 2.45) is 5.84 Å². The van der Waals surface area contributed by atoms with Crippen LogP contribution in [0.4, 0.5) is 11.8 Å². The molecule has 0 atom stereocenters. The summed E-state index contributed by atoms with van der Waals surface area (Å²) in [7, 11) is 0. The molecule has 1 aliphatic heterocycles. The van der Waals surface area contributed by atoms with E-state index in [1.807, 2.05) is 24.4 Å². The fourth-order valence-corrected chi connectivity index (χ4v) is 2.71. The predicted molar refractivity (Wildman–Crippen MR) is 88.7 cm³/mol. The summed E-state index contributed by atoms with van der Waals surface area (Å²) in [6.07, 6.45) is 3.50. The van der Waals surface area contributed by atoms with Gasteiger partial charge in [-0.1, -0.05) is 6.07 Å². The van der Waals surface area contributed by atoms with E-state index in [0.29, 0.717) is 25.6 Å². The normalized spacial score (nSPS) is 15.2. The molecule has 4 rings (SSSR count). The number of nitrogens with one attached hydrogen (secondary N) is 1. The lowest BCUT2D eigenvalue weighted by atomic mass is 10.1. The first-order valence-corrected chi connectivity index (χ1v) is 7.53. The molecule has 0 aliphatic carbocycles. The van der Waals surface area contributed by atoms with Crippen LogP contribution in [0.25, 0.3) is 22.0 Å². The van der Waals surface area contributed by atoms with Crippen molar-refractivity contribution in [3.05, 3.63) is 30.6 Å². The largest absolute Gasteiger partial charge is 0.368 e. The molecule has 1 aliphatic rings. The van der Waals surface area contributed by atoms with E-state index in [1.165, 1.54) is 0 Å². The van der Waals surface area contributed by atoms with Gasteiger partial charge in [-0.3, -0.25) is 4.68 Å². The summed E-state index contributed by atoms with van der Waals surface area (Å²) in [5, 5.41) is 5.15. The van der Waals surface area contributed by atoms with Crippen LogP contribution in [0.5, 0.6) is 0 Å². The minimum atomic E-state index is -0.237. The number of nitrogens with zero attached hydrogens (tertiary/aromatic N) is 4. The molecule has 1 saturated heterocycles. The Kier molecular flexibility index (Phi) is 3.73. The third-order valence-electron chi connectivity index (χ3n) is 3.84. The van der Waals surface area contributed by atoms with Crippen LogP contribution in [0.3, 0.4) is 0 Å². The number of rotatable bonds is 4. The molecule has 9 heteroatoms. The SMILES string of the molecule is NNc1nc(N)nc2ccc(-c3cnn(CC4OCCO4)c3)cc12. The van der Waals surface area contributed by atoms with Crippen molar-refractivity contribution in [1.29, 1.82) is 0 Å². The molecule has 2 aromatic heterocycles. The summed E-state index contributed by atoms with van der Waals surface area (Å²) < 4.78 is 12.7. The molecule has 0 bridgehead atoms. The first-order valence-electron chi connectivity index (χ1n) is 7.53. The molecular weight excluding hydrogens is 310 g/mol. The number of hydrogen-bond acceptors (Lipinski definition) is 8. The smallest absolute Gasteiger partial charge is 0.222 e. The van der Waals surface area contributed by atoms with Crippen molar-refractivity contribution < 1.29 is 9.47 Å². The average Bonchev–Trinajstić information content (AvgIpc) is 3.26. The maximum absolute atomic E-state index is 5.68.